The van der Waals surface area contributed by atoms with E-state index in [0.29, 0.717) is 11.6 Å². The molecule has 4 nitrogen and oxygen atoms in total. The molecule has 0 bridgehead atoms. The maximum absolute atomic E-state index is 12.0. The van der Waals surface area contributed by atoms with Gasteiger partial charge in [-0.25, -0.2) is 0 Å². The summed E-state index contributed by atoms with van der Waals surface area (Å²) in [4.78, 5) is 12.0. The molecule has 2 aromatic rings. The van der Waals surface area contributed by atoms with Gasteiger partial charge in [-0.15, -0.1) is 0 Å². The smallest absolute Gasteiger partial charge is 0.255 e. The third kappa shape index (κ3) is 4.61. The number of aromatic hydroxyl groups is 1. The van der Waals surface area contributed by atoms with Crippen LogP contribution in [0, 0.1) is 0 Å². The first-order chi connectivity index (χ1) is 10.0. The van der Waals surface area contributed by atoms with E-state index in [2.05, 4.69) is 24.5 Å². The van der Waals surface area contributed by atoms with E-state index in [1.807, 2.05) is 24.3 Å². The molecule has 0 aliphatic rings. The van der Waals surface area contributed by atoms with Crippen LogP contribution in [0.4, 0.5) is 5.69 Å². The summed E-state index contributed by atoms with van der Waals surface area (Å²) in [5.41, 5.74) is 2.33. The van der Waals surface area contributed by atoms with Crippen LogP contribution >= 0.6 is 0 Å². The number of nitrogens with one attached hydrogen (secondary N) is 2. The fourth-order valence-electron chi connectivity index (χ4n) is 1.88. The summed E-state index contributed by atoms with van der Waals surface area (Å²) in [6.07, 6.45) is 0. The average molecular weight is 284 g/mol. The highest BCUT2D eigenvalue weighted by atomic mass is 16.3. The number of carbonyl (C=O) groups excluding carboxylic acids is 1. The molecule has 1 amide bonds. The number of amides is 1. The van der Waals surface area contributed by atoms with Gasteiger partial charge in [0.25, 0.3) is 5.91 Å². The Hall–Kier alpha value is -2.33. The monoisotopic (exact) mass is 284 g/mol. The molecule has 110 valence electrons. The molecule has 0 radical (unpaired) electrons. The van der Waals surface area contributed by atoms with Crippen LogP contribution in [0.15, 0.2) is 48.5 Å². The summed E-state index contributed by atoms with van der Waals surface area (Å²) in [6.45, 7) is 5.01. The van der Waals surface area contributed by atoms with Crippen LogP contribution < -0.4 is 10.6 Å². The summed E-state index contributed by atoms with van der Waals surface area (Å²) in [7, 11) is 0. The topological polar surface area (TPSA) is 61.4 Å². The quantitative estimate of drug-likeness (QED) is 0.790. The highest BCUT2D eigenvalue weighted by Gasteiger charge is 2.06. The van der Waals surface area contributed by atoms with Crippen molar-refractivity contribution in [2.45, 2.75) is 26.4 Å². The van der Waals surface area contributed by atoms with Crippen molar-refractivity contribution in [3.8, 4) is 5.75 Å². The van der Waals surface area contributed by atoms with E-state index in [1.54, 1.807) is 12.1 Å². The van der Waals surface area contributed by atoms with Gasteiger partial charge in [-0.05, 0) is 35.9 Å². The SMILES string of the molecule is CC(C)NCc1ccc(NC(=O)c2cccc(O)c2)cc1. The molecule has 21 heavy (non-hydrogen) atoms. The van der Waals surface area contributed by atoms with Crippen molar-refractivity contribution in [2.75, 3.05) is 5.32 Å². The zero-order valence-corrected chi connectivity index (χ0v) is 12.3. The molecule has 0 heterocycles. The second-order valence-electron chi connectivity index (χ2n) is 5.24. The summed E-state index contributed by atoms with van der Waals surface area (Å²) in [5, 5.41) is 15.5. The number of carbonyl (C=O) groups is 1. The number of hydrogen-bond donors (Lipinski definition) is 3. The molecule has 3 N–H and O–H groups in total. The number of benzene rings is 2. The molecule has 0 saturated heterocycles. The van der Waals surface area contributed by atoms with Gasteiger partial charge in [0, 0.05) is 23.8 Å². The summed E-state index contributed by atoms with van der Waals surface area (Å²) >= 11 is 0. The lowest BCUT2D eigenvalue weighted by molar-refractivity contribution is 0.102. The molecule has 0 atom stereocenters. The molecule has 4 heteroatoms. The maximum Gasteiger partial charge on any atom is 0.255 e. The number of anilines is 1. The van der Waals surface area contributed by atoms with Crippen molar-refractivity contribution in [3.05, 3.63) is 59.7 Å². The van der Waals surface area contributed by atoms with Gasteiger partial charge < -0.3 is 15.7 Å². The minimum absolute atomic E-state index is 0.0813. The highest BCUT2D eigenvalue weighted by Crippen LogP contribution is 2.14. The second kappa shape index (κ2) is 6.90. The lowest BCUT2D eigenvalue weighted by Crippen LogP contribution is -2.21. The predicted molar refractivity (Wildman–Crippen MR) is 84.5 cm³/mol. The first-order valence-corrected chi connectivity index (χ1v) is 6.97. The van der Waals surface area contributed by atoms with Crippen LogP contribution in [0.25, 0.3) is 0 Å². The van der Waals surface area contributed by atoms with Gasteiger partial charge in [-0.1, -0.05) is 32.0 Å². The Bertz CT molecular complexity index is 606. The first kappa shape index (κ1) is 15.1. The maximum atomic E-state index is 12.0. The predicted octanol–water partition coefficient (Wildman–Crippen LogP) is 3.14. The summed E-state index contributed by atoms with van der Waals surface area (Å²) in [5.74, 6) is -0.156. The van der Waals surface area contributed by atoms with Crippen LogP contribution in [0.5, 0.6) is 5.75 Å². The lowest BCUT2D eigenvalue weighted by Gasteiger charge is -2.09. The van der Waals surface area contributed by atoms with E-state index < -0.39 is 0 Å². The van der Waals surface area contributed by atoms with E-state index in [9.17, 15) is 9.90 Å². The molecule has 0 fully saturated rings. The van der Waals surface area contributed by atoms with Crippen LogP contribution in [0.1, 0.15) is 29.8 Å². The van der Waals surface area contributed by atoms with Gasteiger partial charge in [0.1, 0.15) is 5.75 Å². The highest BCUT2D eigenvalue weighted by molar-refractivity contribution is 6.04. The van der Waals surface area contributed by atoms with E-state index in [-0.39, 0.29) is 11.7 Å². The van der Waals surface area contributed by atoms with Gasteiger partial charge in [0.15, 0.2) is 0 Å². The van der Waals surface area contributed by atoms with Crippen molar-refractivity contribution in [2.24, 2.45) is 0 Å². The Balaban J connectivity index is 1.98. The van der Waals surface area contributed by atoms with Gasteiger partial charge >= 0.3 is 0 Å². The molecule has 0 spiro atoms. The van der Waals surface area contributed by atoms with Gasteiger partial charge in [-0.2, -0.15) is 0 Å². The van der Waals surface area contributed by atoms with Crippen molar-refractivity contribution in [1.82, 2.24) is 5.32 Å². The second-order valence-corrected chi connectivity index (χ2v) is 5.24. The normalized spacial score (nSPS) is 10.6. The fraction of sp³-hybridized carbons (Fsp3) is 0.235. The minimum Gasteiger partial charge on any atom is -0.508 e. The van der Waals surface area contributed by atoms with Gasteiger partial charge in [0.05, 0.1) is 0 Å². The van der Waals surface area contributed by atoms with Crippen molar-refractivity contribution < 1.29 is 9.90 Å². The van der Waals surface area contributed by atoms with Gasteiger partial charge in [-0.3, -0.25) is 4.79 Å². The molecule has 2 aromatic carbocycles. The number of hydrogen-bond acceptors (Lipinski definition) is 3. The Labute approximate surface area is 124 Å². The average Bonchev–Trinajstić information content (AvgIpc) is 2.46. The third-order valence-electron chi connectivity index (χ3n) is 3.03. The molecule has 0 saturated carbocycles. The van der Waals surface area contributed by atoms with Crippen molar-refractivity contribution >= 4 is 11.6 Å². The fourth-order valence-corrected chi connectivity index (χ4v) is 1.88. The third-order valence-corrected chi connectivity index (χ3v) is 3.03. The first-order valence-electron chi connectivity index (χ1n) is 6.97. The minimum atomic E-state index is -0.237. The number of rotatable bonds is 5. The molecule has 2 rings (SSSR count). The molecular weight excluding hydrogens is 264 g/mol. The number of phenolic OH excluding ortho intramolecular Hbond substituents is 1. The molecule has 0 aliphatic carbocycles. The Morgan fingerprint density at radius 3 is 2.48 bits per heavy atom. The summed E-state index contributed by atoms with van der Waals surface area (Å²) < 4.78 is 0. The largest absolute Gasteiger partial charge is 0.508 e. The lowest BCUT2D eigenvalue weighted by atomic mass is 10.1. The zero-order valence-electron chi connectivity index (χ0n) is 12.3. The van der Waals surface area contributed by atoms with Crippen LogP contribution in [-0.4, -0.2) is 17.1 Å². The zero-order chi connectivity index (χ0) is 15.2. The van der Waals surface area contributed by atoms with Crippen LogP contribution in [0.3, 0.4) is 0 Å². The van der Waals surface area contributed by atoms with Crippen LogP contribution in [0.2, 0.25) is 0 Å². The van der Waals surface area contributed by atoms with E-state index in [4.69, 9.17) is 0 Å². The molecule has 0 aromatic heterocycles. The van der Waals surface area contributed by atoms with Gasteiger partial charge in [0.2, 0.25) is 0 Å². The van der Waals surface area contributed by atoms with E-state index in [1.165, 1.54) is 17.7 Å². The van der Waals surface area contributed by atoms with E-state index >= 15 is 0 Å². The van der Waals surface area contributed by atoms with Crippen molar-refractivity contribution in [1.29, 1.82) is 0 Å². The molecule has 0 aliphatic heterocycles. The Kier molecular flexibility index (Phi) is 4.95. The summed E-state index contributed by atoms with van der Waals surface area (Å²) in [6, 6.07) is 14.4. The number of phenols is 1. The Morgan fingerprint density at radius 2 is 1.86 bits per heavy atom. The van der Waals surface area contributed by atoms with Crippen molar-refractivity contribution in [3.63, 3.8) is 0 Å². The van der Waals surface area contributed by atoms with Crippen LogP contribution in [-0.2, 0) is 6.54 Å². The molecule has 0 unspecified atom stereocenters. The Morgan fingerprint density at radius 1 is 1.14 bits per heavy atom. The van der Waals surface area contributed by atoms with E-state index in [0.717, 1.165) is 12.2 Å². The standard InChI is InChI=1S/C17H20N2O2/c1-12(2)18-11-13-6-8-15(9-7-13)19-17(21)14-4-3-5-16(20)10-14/h3-10,12,18,20H,11H2,1-2H3,(H,19,21). The molecular formula is C17H20N2O2.